The van der Waals surface area contributed by atoms with Crippen molar-refractivity contribution in [3.63, 3.8) is 0 Å². The van der Waals surface area contributed by atoms with Gasteiger partial charge in [0.05, 0.1) is 0 Å². The summed E-state index contributed by atoms with van der Waals surface area (Å²) in [5, 5.41) is 5.96. The highest BCUT2D eigenvalue weighted by Crippen LogP contribution is 2.22. The number of fused-ring (bicyclic) bond motifs is 1. The van der Waals surface area contributed by atoms with Crippen LogP contribution in [0.3, 0.4) is 0 Å². The molecule has 1 saturated carbocycles. The van der Waals surface area contributed by atoms with Gasteiger partial charge >= 0.3 is 0 Å². The van der Waals surface area contributed by atoms with Crippen molar-refractivity contribution in [3.8, 4) is 0 Å². The summed E-state index contributed by atoms with van der Waals surface area (Å²) in [5.41, 5.74) is 3.40. The molecule has 2 aliphatic carbocycles. The molecule has 4 heteroatoms. The van der Waals surface area contributed by atoms with Gasteiger partial charge in [-0.25, -0.2) is 0 Å². The molecule has 3 rings (SSSR count). The smallest absolute Gasteiger partial charge is 0.251 e. The van der Waals surface area contributed by atoms with Crippen LogP contribution in [0.2, 0.25) is 0 Å². The van der Waals surface area contributed by atoms with E-state index in [0.717, 1.165) is 25.7 Å². The van der Waals surface area contributed by atoms with Crippen LogP contribution in [-0.2, 0) is 17.6 Å². The molecule has 0 spiro atoms. The average Bonchev–Trinajstić information content (AvgIpc) is 2.62. The molecule has 0 unspecified atom stereocenters. The van der Waals surface area contributed by atoms with Gasteiger partial charge in [-0.2, -0.15) is 0 Å². The Bertz CT molecular complexity index is 591. The molecule has 2 amide bonds. The van der Waals surface area contributed by atoms with E-state index in [2.05, 4.69) is 16.7 Å². The summed E-state index contributed by atoms with van der Waals surface area (Å²) in [6, 6.07) is 6.34. The molecule has 0 saturated heterocycles. The predicted octanol–water partition coefficient (Wildman–Crippen LogP) is 3.13. The highest BCUT2D eigenvalue weighted by Gasteiger charge is 2.16. The summed E-state index contributed by atoms with van der Waals surface area (Å²) in [6.45, 7) is 0.397. The summed E-state index contributed by atoms with van der Waals surface area (Å²) in [4.78, 5) is 24.2. The van der Waals surface area contributed by atoms with Crippen molar-refractivity contribution in [1.29, 1.82) is 0 Å². The van der Waals surface area contributed by atoms with Gasteiger partial charge in [0, 0.05) is 24.6 Å². The van der Waals surface area contributed by atoms with E-state index in [1.165, 1.54) is 43.2 Å². The van der Waals surface area contributed by atoms with E-state index in [0.29, 0.717) is 24.6 Å². The molecule has 0 bridgehead atoms. The number of rotatable bonds is 5. The molecule has 1 aromatic carbocycles. The van der Waals surface area contributed by atoms with E-state index in [9.17, 15) is 9.59 Å². The maximum atomic E-state index is 12.3. The number of hydrogen-bond acceptors (Lipinski definition) is 2. The van der Waals surface area contributed by atoms with Gasteiger partial charge in [0.15, 0.2) is 0 Å². The summed E-state index contributed by atoms with van der Waals surface area (Å²) in [7, 11) is 0. The second kappa shape index (κ2) is 8.32. The quantitative estimate of drug-likeness (QED) is 0.872. The van der Waals surface area contributed by atoms with Gasteiger partial charge < -0.3 is 10.6 Å². The molecule has 4 nitrogen and oxygen atoms in total. The Hall–Kier alpha value is -1.84. The van der Waals surface area contributed by atoms with E-state index >= 15 is 0 Å². The first-order valence-corrected chi connectivity index (χ1v) is 9.42. The molecule has 130 valence electrons. The predicted molar refractivity (Wildman–Crippen MR) is 95.0 cm³/mol. The van der Waals surface area contributed by atoms with E-state index < -0.39 is 0 Å². The normalized spacial score (nSPS) is 17.8. The van der Waals surface area contributed by atoms with Crippen LogP contribution in [0.25, 0.3) is 0 Å². The Labute approximate surface area is 144 Å². The molecule has 2 N–H and O–H groups in total. The Morgan fingerprint density at radius 3 is 2.50 bits per heavy atom. The lowest BCUT2D eigenvalue weighted by molar-refractivity contribution is -0.121. The molecule has 1 aromatic rings. The van der Waals surface area contributed by atoms with Crippen LogP contribution >= 0.6 is 0 Å². The minimum Gasteiger partial charge on any atom is -0.353 e. The summed E-state index contributed by atoms with van der Waals surface area (Å²) < 4.78 is 0. The number of hydrogen-bond donors (Lipinski definition) is 2. The zero-order valence-electron chi connectivity index (χ0n) is 14.4. The Balaban J connectivity index is 1.42. The van der Waals surface area contributed by atoms with Crippen molar-refractivity contribution in [2.75, 3.05) is 6.54 Å². The third-order valence-electron chi connectivity index (χ3n) is 5.22. The average molecular weight is 328 g/mol. The first-order valence-electron chi connectivity index (χ1n) is 9.42. The number of amides is 2. The second-order valence-electron chi connectivity index (χ2n) is 7.10. The van der Waals surface area contributed by atoms with E-state index in [-0.39, 0.29) is 11.8 Å². The van der Waals surface area contributed by atoms with Gasteiger partial charge in [-0.3, -0.25) is 9.59 Å². The molecule has 1 fully saturated rings. The molecule has 0 heterocycles. The Kier molecular flexibility index (Phi) is 5.89. The van der Waals surface area contributed by atoms with Gasteiger partial charge in [0.25, 0.3) is 5.91 Å². The molecular weight excluding hydrogens is 300 g/mol. The van der Waals surface area contributed by atoms with Gasteiger partial charge in [0.2, 0.25) is 5.91 Å². The monoisotopic (exact) mass is 328 g/mol. The van der Waals surface area contributed by atoms with Crippen LogP contribution in [0.15, 0.2) is 18.2 Å². The van der Waals surface area contributed by atoms with Crippen molar-refractivity contribution in [1.82, 2.24) is 10.6 Å². The van der Waals surface area contributed by atoms with Crippen LogP contribution in [0.4, 0.5) is 0 Å². The zero-order valence-corrected chi connectivity index (χ0v) is 14.4. The van der Waals surface area contributed by atoms with Crippen LogP contribution in [-0.4, -0.2) is 24.4 Å². The van der Waals surface area contributed by atoms with Gasteiger partial charge in [-0.1, -0.05) is 25.3 Å². The van der Waals surface area contributed by atoms with Gasteiger partial charge in [-0.15, -0.1) is 0 Å². The minimum absolute atomic E-state index is 0.0487. The van der Waals surface area contributed by atoms with Crippen molar-refractivity contribution in [2.24, 2.45) is 0 Å². The summed E-state index contributed by atoms with van der Waals surface area (Å²) >= 11 is 0. The Morgan fingerprint density at radius 2 is 1.71 bits per heavy atom. The third-order valence-corrected chi connectivity index (χ3v) is 5.22. The van der Waals surface area contributed by atoms with E-state index in [1.54, 1.807) is 0 Å². The Morgan fingerprint density at radius 1 is 0.958 bits per heavy atom. The standard InChI is InChI=1S/C20H28N2O2/c23-19(22-18-8-2-1-3-9-18)12-13-21-20(24)17-11-10-15-6-4-5-7-16(15)14-17/h10-11,14,18H,1-9,12-13H2,(H,21,24)(H,22,23). The first-order chi connectivity index (χ1) is 11.7. The molecule has 2 aliphatic rings. The molecular formula is C20H28N2O2. The maximum absolute atomic E-state index is 12.3. The van der Waals surface area contributed by atoms with Crippen LogP contribution in [0.1, 0.15) is 72.9 Å². The van der Waals surface area contributed by atoms with Crippen LogP contribution in [0.5, 0.6) is 0 Å². The number of carbonyl (C=O) groups is 2. The number of carbonyl (C=O) groups excluding carboxylic acids is 2. The maximum Gasteiger partial charge on any atom is 0.251 e. The second-order valence-corrected chi connectivity index (χ2v) is 7.10. The van der Waals surface area contributed by atoms with Crippen molar-refractivity contribution in [3.05, 3.63) is 34.9 Å². The SMILES string of the molecule is O=C(CCNC(=O)c1ccc2c(c1)CCCC2)NC1CCCCC1. The largest absolute Gasteiger partial charge is 0.353 e. The fraction of sp³-hybridized carbons (Fsp3) is 0.600. The highest BCUT2D eigenvalue weighted by molar-refractivity contribution is 5.94. The van der Waals surface area contributed by atoms with Crippen LogP contribution in [0, 0.1) is 0 Å². The number of benzene rings is 1. The lowest BCUT2D eigenvalue weighted by Gasteiger charge is -2.22. The molecule has 24 heavy (non-hydrogen) atoms. The van der Waals surface area contributed by atoms with Gasteiger partial charge in [0.1, 0.15) is 0 Å². The van der Waals surface area contributed by atoms with Crippen molar-refractivity contribution >= 4 is 11.8 Å². The number of aryl methyl sites for hydroxylation is 2. The van der Waals surface area contributed by atoms with Crippen molar-refractivity contribution < 1.29 is 9.59 Å². The lowest BCUT2D eigenvalue weighted by Crippen LogP contribution is -2.38. The topological polar surface area (TPSA) is 58.2 Å². The summed E-state index contributed by atoms with van der Waals surface area (Å²) in [5.74, 6) is -0.0264. The summed E-state index contributed by atoms with van der Waals surface area (Å²) in [6.07, 6.45) is 10.9. The zero-order chi connectivity index (χ0) is 16.8. The molecule has 0 atom stereocenters. The fourth-order valence-electron chi connectivity index (χ4n) is 3.81. The minimum atomic E-state index is -0.0751. The first kappa shape index (κ1) is 17.0. The van der Waals surface area contributed by atoms with E-state index in [4.69, 9.17) is 0 Å². The molecule has 0 aromatic heterocycles. The van der Waals surface area contributed by atoms with E-state index in [1.807, 2.05) is 12.1 Å². The highest BCUT2D eigenvalue weighted by atomic mass is 16.2. The van der Waals surface area contributed by atoms with Crippen LogP contribution < -0.4 is 10.6 Å². The number of nitrogens with one attached hydrogen (secondary N) is 2. The fourth-order valence-corrected chi connectivity index (χ4v) is 3.81. The molecule has 0 radical (unpaired) electrons. The lowest BCUT2D eigenvalue weighted by atomic mass is 9.90. The van der Waals surface area contributed by atoms with Gasteiger partial charge in [-0.05, 0) is 61.8 Å². The third kappa shape index (κ3) is 4.59. The van der Waals surface area contributed by atoms with Crippen molar-refractivity contribution in [2.45, 2.75) is 70.3 Å². The molecule has 0 aliphatic heterocycles.